The van der Waals surface area contributed by atoms with E-state index >= 15 is 0 Å². The highest BCUT2D eigenvalue weighted by molar-refractivity contribution is 7.18. The van der Waals surface area contributed by atoms with E-state index in [1.54, 1.807) is 0 Å². The minimum absolute atomic E-state index is 0.0575. The van der Waals surface area contributed by atoms with Crippen LogP contribution in [0.25, 0.3) is 0 Å². The number of nitriles is 1. The first-order valence-electron chi connectivity index (χ1n) is 6.65. The summed E-state index contributed by atoms with van der Waals surface area (Å²) in [6.45, 7) is 3.03. The van der Waals surface area contributed by atoms with Crippen molar-refractivity contribution in [2.45, 2.75) is 6.10 Å². The maximum atomic E-state index is 11.7. The van der Waals surface area contributed by atoms with E-state index in [-0.39, 0.29) is 17.7 Å². The molecule has 1 aromatic heterocycles. The fourth-order valence-corrected chi connectivity index (χ4v) is 3.18. The first kappa shape index (κ1) is 15.6. The van der Waals surface area contributed by atoms with Gasteiger partial charge in [0.25, 0.3) is 5.91 Å². The molecule has 1 saturated heterocycles. The molecule has 1 fully saturated rings. The van der Waals surface area contributed by atoms with Gasteiger partial charge in [0.2, 0.25) is 0 Å². The number of thiophene rings is 1. The van der Waals surface area contributed by atoms with E-state index in [4.69, 9.17) is 10.5 Å². The van der Waals surface area contributed by atoms with Crippen molar-refractivity contribution >= 4 is 27.9 Å². The molecular formula is C13H19N5O2S. The van der Waals surface area contributed by atoms with Crippen molar-refractivity contribution in [3.05, 3.63) is 10.4 Å². The van der Waals surface area contributed by atoms with Crippen LogP contribution in [0.5, 0.6) is 0 Å². The summed E-state index contributed by atoms with van der Waals surface area (Å²) in [4.78, 5) is 14.3. The lowest BCUT2D eigenvalue weighted by Gasteiger charge is -2.30. The van der Waals surface area contributed by atoms with Crippen molar-refractivity contribution in [3.63, 3.8) is 0 Å². The number of nitrogens with zero attached hydrogens (tertiary/aromatic N) is 2. The zero-order valence-corrected chi connectivity index (χ0v) is 12.9. The highest BCUT2D eigenvalue weighted by Gasteiger charge is 2.22. The summed E-state index contributed by atoms with van der Waals surface area (Å²) in [6.07, 6.45) is 0.0575. The molecule has 0 aromatic carbocycles. The highest BCUT2D eigenvalue weighted by atomic mass is 32.1. The monoisotopic (exact) mass is 309 g/mol. The van der Waals surface area contributed by atoms with Gasteiger partial charge in [0.05, 0.1) is 18.4 Å². The molecule has 2 heterocycles. The number of ether oxygens (including phenoxy) is 1. The van der Waals surface area contributed by atoms with Crippen LogP contribution in [0.3, 0.4) is 0 Å². The second kappa shape index (κ2) is 6.76. The highest BCUT2D eigenvalue weighted by Crippen LogP contribution is 2.35. The molecule has 0 radical (unpaired) electrons. The van der Waals surface area contributed by atoms with Crippen LogP contribution in [-0.2, 0) is 4.74 Å². The molecule has 1 amide bonds. The lowest BCUT2D eigenvalue weighted by atomic mass is 10.2. The summed E-state index contributed by atoms with van der Waals surface area (Å²) in [6, 6.07) is 2.05. The molecule has 1 aliphatic heterocycles. The normalized spacial score (nSPS) is 19.0. The Morgan fingerprint density at radius 2 is 2.43 bits per heavy atom. The Morgan fingerprint density at radius 3 is 3.05 bits per heavy atom. The van der Waals surface area contributed by atoms with Crippen molar-refractivity contribution in [1.29, 1.82) is 5.26 Å². The quantitative estimate of drug-likeness (QED) is 0.739. The van der Waals surface area contributed by atoms with Gasteiger partial charge in [0, 0.05) is 26.7 Å². The molecule has 7 nitrogen and oxygen atoms in total. The van der Waals surface area contributed by atoms with Crippen molar-refractivity contribution in [1.82, 2.24) is 10.2 Å². The van der Waals surface area contributed by atoms with Crippen LogP contribution in [0.4, 0.5) is 10.7 Å². The number of nitrogens with one attached hydrogen (secondary N) is 2. The Labute approximate surface area is 127 Å². The molecule has 0 spiro atoms. The van der Waals surface area contributed by atoms with Gasteiger partial charge >= 0.3 is 0 Å². The minimum atomic E-state index is -0.282. The molecule has 2 rings (SSSR count). The van der Waals surface area contributed by atoms with Crippen LogP contribution < -0.4 is 16.4 Å². The van der Waals surface area contributed by atoms with Gasteiger partial charge in [-0.1, -0.05) is 0 Å². The summed E-state index contributed by atoms with van der Waals surface area (Å²) in [5, 5.41) is 15.5. The van der Waals surface area contributed by atoms with Crippen molar-refractivity contribution < 1.29 is 9.53 Å². The number of hydrogen-bond acceptors (Lipinski definition) is 7. The summed E-state index contributed by atoms with van der Waals surface area (Å²) in [5.74, 6) is -0.282. The number of nitrogens with two attached hydrogens (primary N) is 1. The lowest BCUT2D eigenvalue weighted by molar-refractivity contribution is -0.0116. The van der Waals surface area contributed by atoms with E-state index in [0.29, 0.717) is 28.6 Å². The zero-order chi connectivity index (χ0) is 15.4. The average molecular weight is 309 g/mol. The van der Waals surface area contributed by atoms with E-state index in [2.05, 4.69) is 21.6 Å². The largest absolute Gasteiger partial charge is 0.396 e. The molecule has 0 bridgehead atoms. The smallest absolute Gasteiger partial charge is 0.263 e. The van der Waals surface area contributed by atoms with E-state index in [1.165, 1.54) is 18.4 Å². The zero-order valence-electron chi connectivity index (χ0n) is 12.1. The second-order valence-corrected chi connectivity index (χ2v) is 5.90. The molecule has 1 atom stereocenters. The SMILES string of the molecule is CNC(=O)c1sc(NCC2CN(C)CCO2)c(C#N)c1N. The predicted octanol–water partition coefficient (Wildman–Crippen LogP) is 0.304. The number of rotatable bonds is 4. The summed E-state index contributed by atoms with van der Waals surface area (Å²) in [7, 11) is 3.58. The van der Waals surface area contributed by atoms with Gasteiger partial charge in [-0.2, -0.15) is 5.26 Å². The maximum Gasteiger partial charge on any atom is 0.263 e. The second-order valence-electron chi connectivity index (χ2n) is 4.88. The van der Waals surface area contributed by atoms with Gasteiger partial charge in [0.15, 0.2) is 0 Å². The predicted molar refractivity (Wildman–Crippen MR) is 82.6 cm³/mol. The molecule has 114 valence electrons. The average Bonchev–Trinajstić information content (AvgIpc) is 2.80. The van der Waals surface area contributed by atoms with Gasteiger partial charge in [-0.15, -0.1) is 11.3 Å². The number of morpholine rings is 1. The Hall–Kier alpha value is -1.82. The van der Waals surface area contributed by atoms with E-state index in [1.807, 2.05) is 7.05 Å². The Kier molecular flexibility index (Phi) is 5.01. The molecule has 0 saturated carbocycles. The van der Waals surface area contributed by atoms with Gasteiger partial charge in [-0.3, -0.25) is 4.79 Å². The molecule has 8 heteroatoms. The van der Waals surface area contributed by atoms with Crippen LogP contribution in [0.1, 0.15) is 15.2 Å². The molecule has 1 unspecified atom stereocenters. The van der Waals surface area contributed by atoms with Crippen molar-refractivity contribution in [2.24, 2.45) is 0 Å². The number of carbonyl (C=O) groups excluding carboxylic acids is 1. The van der Waals surface area contributed by atoms with Crippen LogP contribution >= 0.6 is 11.3 Å². The fraction of sp³-hybridized carbons (Fsp3) is 0.538. The molecule has 4 N–H and O–H groups in total. The van der Waals surface area contributed by atoms with Crippen LogP contribution in [-0.4, -0.2) is 57.2 Å². The number of amides is 1. The van der Waals surface area contributed by atoms with Gasteiger partial charge in [-0.25, -0.2) is 0 Å². The molecule has 21 heavy (non-hydrogen) atoms. The van der Waals surface area contributed by atoms with Crippen LogP contribution in [0.2, 0.25) is 0 Å². The van der Waals surface area contributed by atoms with Crippen molar-refractivity contribution in [2.75, 3.05) is 51.4 Å². The number of likely N-dealkylation sites (N-methyl/N-ethyl adjacent to an activating group) is 1. The first-order chi connectivity index (χ1) is 10.1. The maximum absolute atomic E-state index is 11.7. The third-order valence-corrected chi connectivity index (χ3v) is 4.48. The third-order valence-electron chi connectivity index (χ3n) is 3.32. The van der Waals surface area contributed by atoms with Gasteiger partial charge in [0.1, 0.15) is 21.5 Å². The number of hydrogen-bond donors (Lipinski definition) is 3. The lowest BCUT2D eigenvalue weighted by Crippen LogP contribution is -2.43. The molecule has 0 aliphatic carbocycles. The van der Waals surface area contributed by atoms with Crippen LogP contribution in [0.15, 0.2) is 0 Å². The van der Waals surface area contributed by atoms with Crippen molar-refractivity contribution in [3.8, 4) is 6.07 Å². The Balaban J connectivity index is 2.09. The molecule has 1 aromatic rings. The van der Waals surface area contributed by atoms with E-state index < -0.39 is 0 Å². The molecule has 1 aliphatic rings. The van der Waals surface area contributed by atoms with E-state index in [9.17, 15) is 10.1 Å². The standard InChI is InChI=1S/C13H19N5O2S/c1-16-12(19)11-10(15)9(5-14)13(21-11)17-6-8-7-18(2)3-4-20-8/h8,17H,3-4,6-7,15H2,1-2H3,(H,16,19). The summed E-state index contributed by atoms with van der Waals surface area (Å²) in [5.41, 5.74) is 6.42. The third kappa shape index (κ3) is 3.44. The first-order valence-corrected chi connectivity index (χ1v) is 7.47. The topological polar surface area (TPSA) is 103 Å². The Bertz CT molecular complexity index is 566. The number of anilines is 2. The minimum Gasteiger partial charge on any atom is -0.396 e. The van der Waals surface area contributed by atoms with Gasteiger partial charge < -0.3 is 26.0 Å². The molecular weight excluding hydrogens is 290 g/mol. The fourth-order valence-electron chi connectivity index (χ4n) is 2.16. The Morgan fingerprint density at radius 1 is 1.67 bits per heavy atom. The summed E-state index contributed by atoms with van der Waals surface area (Å²) >= 11 is 1.19. The van der Waals surface area contributed by atoms with E-state index in [0.717, 1.165) is 13.1 Å². The number of nitrogen functional groups attached to an aromatic ring is 1. The van der Waals surface area contributed by atoms with Gasteiger partial charge in [-0.05, 0) is 7.05 Å². The van der Waals surface area contributed by atoms with Crippen LogP contribution in [0, 0.1) is 11.3 Å². The summed E-state index contributed by atoms with van der Waals surface area (Å²) < 4.78 is 5.66. The number of carbonyl (C=O) groups is 1.